The van der Waals surface area contributed by atoms with E-state index in [0.717, 1.165) is 5.56 Å². The second-order valence-electron chi connectivity index (χ2n) is 4.94. The van der Waals surface area contributed by atoms with Gasteiger partial charge < -0.3 is 10.5 Å². The number of nitrogens with two attached hydrogens (primary N) is 1. The van der Waals surface area contributed by atoms with Gasteiger partial charge in [0.2, 0.25) is 10.0 Å². The Kier molecular flexibility index (Phi) is 4.25. The van der Waals surface area contributed by atoms with Crippen molar-refractivity contribution in [2.45, 2.75) is 31.0 Å². The van der Waals surface area contributed by atoms with Crippen molar-refractivity contribution < 1.29 is 13.2 Å². The van der Waals surface area contributed by atoms with Gasteiger partial charge in [-0.1, -0.05) is 17.7 Å². The summed E-state index contributed by atoms with van der Waals surface area (Å²) < 4.78 is 32.1. The van der Waals surface area contributed by atoms with E-state index in [1.54, 1.807) is 24.3 Å². The van der Waals surface area contributed by atoms with Gasteiger partial charge in [-0.3, -0.25) is 0 Å². The fraction of sp³-hybridized carbons (Fsp3) is 0.538. The third-order valence-corrected chi connectivity index (χ3v) is 5.06. The van der Waals surface area contributed by atoms with E-state index in [2.05, 4.69) is 0 Å². The van der Waals surface area contributed by atoms with E-state index in [9.17, 15) is 8.42 Å². The largest absolute Gasteiger partial charge is 0.371 e. The molecule has 6 heteroatoms. The normalized spacial score (nSPS) is 25.4. The average molecular weight is 284 g/mol. The lowest BCUT2D eigenvalue weighted by Crippen LogP contribution is -2.51. The molecule has 0 radical (unpaired) electrons. The standard InChI is InChI=1S/C13H20N2O3S/c1-10-3-5-13(6-4-10)19(16,17)15-8-11(2)18-12(7-14)9-15/h3-6,11-12H,7-9,14H2,1-2H3. The van der Waals surface area contributed by atoms with Crippen molar-refractivity contribution in [1.29, 1.82) is 0 Å². The Bertz CT molecular complexity index is 527. The van der Waals surface area contributed by atoms with E-state index in [1.165, 1.54) is 4.31 Å². The second-order valence-corrected chi connectivity index (χ2v) is 6.88. The zero-order valence-electron chi connectivity index (χ0n) is 11.2. The van der Waals surface area contributed by atoms with Gasteiger partial charge in [0.1, 0.15) is 0 Å². The average Bonchev–Trinajstić information content (AvgIpc) is 2.38. The number of nitrogens with zero attached hydrogens (tertiary/aromatic N) is 1. The van der Waals surface area contributed by atoms with Crippen molar-refractivity contribution in [3.63, 3.8) is 0 Å². The first-order valence-electron chi connectivity index (χ1n) is 6.36. The van der Waals surface area contributed by atoms with Gasteiger partial charge in [0.05, 0.1) is 17.1 Å². The predicted molar refractivity (Wildman–Crippen MR) is 73.3 cm³/mol. The molecule has 106 valence electrons. The molecule has 0 aromatic heterocycles. The number of rotatable bonds is 3. The highest BCUT2D eigenvalue weighted by Gasteiger charge is 2.33. The van der Waals surface area contributed by atoms with Crippen molar-refractivity contribution in [2.75, 3.05) is 19.6 Å². The summed E-state index contributed by atoms with van der Waals surface area (Å²) >= 11 is 0. The first kappa shape index (κ1) is 14.5. The maximum Gasteiger partial charge on any atom is 0.243 e. The van der Waals surface area contributed by atoms with Gasteiger partial charge in [-0.05, 0) is 26.0 Å². The fourth-order valence-corrected chi connectivity index (χ4v) is 3.74. The molecule has 1 heterocycles. The van der Waals surface area contributed by atoms with Crippen LogP contribution in [0.2, 0.25) is 0 Å². The van der Waals surface area contributed by atoms with Crippen molar-refractivity contribution in [1.82, 2.24) is 4.31 Å². The molecular weight excluding hydrogens is 264 g/mol. The monoisotopic (exact) mass is 284 g/mol. The number of hydrogen-bond donors (Lipinski definition) is 1. The van der Waals surface area contributed by atoms with Crippen LogP contribution in [0.15, 0.2) is 29.2 Å². The highest BCUT2D eigenvalue weighted by molar-refractivity contribution is 7.89. The molecule has 5 nitrogen and oxygen atoms in total. The van der Waals surface area contributed by atoms with E-state index >= 15 is 0 Å². The Morgan fingerprint density at radius 2 is 1.95 bits per heavy atom. The molecule has 2 unspecified atom stereocenters. The van der Waals surface area contributed by atoms with E-state index < -0.39 is 10.0 Å². The second kappa shape index (κ2) is 5.58. The van der Waals surface area contributed by atoms with Crippen molar-refractivity contribution in [2.24, 2.45) is 5.73 Å². The lowest BCUT2D eigenvalue weighted by Gasteiger charge is -2.35. The van der Waals surface area contributed by atoms with E-state index in [1.807, 2.05) is 13.8 Å². The minimum atomic E-state index is -3.46. The summed E-state index contributed by atoms with van der Waals surface area (Å²) in [5.41, 5.74) is 6.62. The van der Waals surface area contributed by atoms with Crippen LogP contribution in [0.4, 0.5) is 0 Å². The van der Waals surface area contributed by atoms with Gasteiger partial charge in [0.25, 0.3) is 0 Å². The predicted octanol–water partition coefficient (Wildman–Crippen LogP) is 0.732. The number of benzene rings is 1. The molecule has 0 amide bonds. The number of sulfonamides is 1. The Balaban J connectivity index is 2.26. The summed E-state index contributed by atoms with van der Waals surface area (Å²) in [6, 6.07) is 6.89. The molecule has 0 saturated carbocycles. The summed E-state index contributed by atoms with van der Waals surface area (Å²) in [5.74, 6) is 0. The maximum absolute atomic E-state index is 12.5. The molecule has 2 N–H and O–H groups in total. The number of morpholine rings is 1. The summed E-state index contributed by atoms with van der Waals surface area (Å²) in [6.07, 6.45) is -0.369. The lowest BCUT2D eigenvalue weighted by molar-refractivity contribution is -0.0486. The van der Waals surface area contributed by atoms with Gasteiger partial charge in [0, 0.05) is 19.6 Å². The Labute approximate surface area is 114 Å². The summed E-state index contributed by atoms with van der Waals surface area (Å²) in [5, 5.41) is 0. The van der Waals surface area contributed by atoms with Gasteiger partial charge >= 0.3 is 0 Å². The van der Waals surface area contributed by atoms with Crippen LogP contribution in [-0.4, -0.2) is 44.6 Å². The maximum atomic E-state index is 12.5. The smallest absolute Gasteiger partial charge is 0.243 e. The summed E-state index contributed by atoms with van der Waals surface area (Å²) in [6.45, 7) is 4.80. The Hall–Kier alpha value is -0.950. The zero-order chi connectivity index (χ0) is 14.0. The molecule has 0 spiro atoms. The zero-order valence-corrected chi connectivity index (χ0v) is 12.1. The summed E-state index contributed by atoms with van der Waals surface area (Å²) in [7, 11) is -3.46. The van der Waals surface area contributed by atoms with E-state index in [-0.39, 0.29) is 12.2 Å². The molecule has 1 saturated heterocycles. The fourth-order valence-electron chi connectivity index (χ4n) is 2.19. The van der Waals surface area contributed by atoms with Gasteiger partial charge in [-0.25, -0.2) is 8.42 Å². The molecule has 1 aliphatic heterocycles. The van der Waals surface area contributed by atoms with Crippen LogP contribution in [0.3, 0.4) is 0 Å². The lowest BCUT2D eigenvalue weighted by atomic mass is 10.2. The molecule has 0 aliphatic carbocycles. The molecule has 1 aromatic rings. The molecule has 2 atom stereocenters. The van der Waals surface area contributed by atoms with Crippen molar-refractivity contribution in [3.05, 3.63) is 29.8 Å². The Morgan fingerprint density at radius 3 is 2.53 bits per heavy atom. The highest BCUT2D eigenvalue weighted by atomic mass is 32.2. The van der Waals surface area contributed by atoms with E-state index in [4.69, 9.17) is 10.5 Å². The van der Waals surface area contributed by atoms with Crippen LogP contribution in [0.5, 0.6) is 0 Å². The van der Waals surface area contributed by atoms with Gasteiger partial charge in [-0.2, -0.15) is 4.31 Å². The highest BCUT2D eigenvalue weighted by Crippen LogP contribution is 2.21. The third kappa shape index (κ3) is 3.14. The van der Waals surface area contributed by atoms with E-state index in [0.29, 0.717) is 24.5 Å². The van der Waals surface area contributed by atoms with Crippen molar-refractivity contribution >= 4 is 10.0 Å². The molecular formula is C13H20N2O3S. The minimum absolute atomic E-state index is 0.137. The molecule has 1 aliphatic rings. The van der Waals surface area contributed by atoms with Crippen LogP contribution in [0.25, 0.3) is 0 Å². The number of hydrogen-bond acceptors (Lipinski definition) is 4. The third-order valence-electron chi connectivity index (χ3n) is 3.21. The van der Waals surface area contributed by atoms with Crippen LogP contribution < -0.4 is 5.73 Å². The van der Waals surface area contributed by atoms with Gasteiger partial charge in [0.15, 0.2) is 0 Å². The summed E-state index contributed by atoms with van der Waals surface area (Å²) in [4.78, 5) is 0.322. The van der Waals surface area contributed by atoms with Gasteiger partial charge in [-0.15, -0.1) is 0 Å². The Morgan fingerprint density at radius 1 is 1.32 bits per heavy atom. The van der Waals surface area contributed by atoms with Crippen LogP contribution in [0, 0.1) is 6.92 Å². The van der Waals surface area contributed by atoms with Crippen LogP contribution in [-0.2, 0) is 14.8 Å². The molecule has 0 bridgehead atoms. The molecule has 1 aromatic carbocycles. The quantitative estimate of drug-likeness (QED) is 0.888. The topological polar surface area (TPSA) is 72.6 Å². The van der Waals surface area contributed by atoms with Crippen LogP contribution in [0.1, 0.15) is 12.5 Å². The number of ether oxygens (including phenoxy) is 1. The first-order chi connectivity index (χ1) is 8.93. The van der Waals surface area contributed by atoms with Crippen LogP contribution >= 0.6 is 0 Å². The van der Waals surface area contributed by atoms with Crippen molar-refractivity contribution in [3.8, 4) is 0 Å². The molecule has 2 rings (SSSR count). The SMILES string of the molecule is Cc1ccc(S(=O)(=O)N2CC(C)OC(CN)C2)cc1. The number of aryl methyl sites for hydroxylation is 1. The first-order valence-corrected chi connectivity index (χ1v) is 7.80. The molecule has 1 fully saturated rings. The molecule has 19 heavy (non-hydrogen) atoms. The minimum Gasteiger partial charge on any atom is -0.371 e.